The lowest BCUT2D eigenvalue weighted by atomic mass is 10.2. The zero-order valence-corrected chi connectivity index (χ0v) is 9.82. The van der Waals surface area contributed by atoms with Crippen molar-refractivity contribution in [3.63, 3.8) is 0 Å². The van der Waals surface area contributed by atoms with Gasteiger partial charge in [-0.25, -0.2) is 0 Å². The Hall–Kier alpha value is -0.940. The molecular weight excluding hydrogens is 219 g/mol. The fourth-order valence-electron chi connectivity index (χ4n) is 1.14. The molecule has 0 aliphatic heterocycles. The van der Waals surface area contributed by atoms with E-state index in [2.05, 4.69) is 15.6 Å². The van der Waals surface area contributed by atoms with E-state index in [9.17, 15) is 13.2 Å². The van der Waals surface area contributed by atoms with Crippen LogP contribution in [0.3, 0.4) is 0 Å². The molecule has 0 aromatic heterocycles. The summed E-state index contributed by atoms with van der Waals surface area (Å²) in [4.78, 5) is 4.15. The average molecular weight is 239 g/mol. The van der Waals surface area contributed by atoms with Gasteiger partial charge in [0.15, 0.2) is 5.96 Å². The molecule has 0 saturated heterocycles. The lowest BCUT2D eigenvalue weighted by molar-refractivity contribution is -0.135. The maximum atomic E-state index is 11.8. The van der Waals surface area contributed by atoms with E-state index < -0.39 is 12.6 Å². The smallest absolute Gasteiger partial charge is 0.357 e. The van der Waals surface area contributed by atoms with Gasteiger partial charge < -0.3 is 10.6 Å². The summed E-state index contributed by atoms with van der Waals surface area (Å²) in [6.07, 6.45) is -4.17. The molecule has 0 aliphatic rings. The van der Waals surface area contributed by atoms with Crippen molar-refractivity contribution < 1.29 is 13.2 Å². The van der Waals surface area contributed by atoms with Crippen LogP contribution in [-0.4, -0.2) is 31.8 Å². The third-order valence-corrected chi connectivity index (χ3v) is 1.83. The number of hydrogen-bond acceptors (Lipinski definition) is 1. The van der Waals surface area contributed by atoms with Gasteiger partial charge in [0.2, 0.25) is 0 Å². The Bertz CT molecular complexity index is 194. The van der Waals surface area contributed by atoms with Crippen molar-refractivity contribution in [3.8, 4) is 0 Å². The van der Waals surface area contributed by atoms with Crippen LogP contribution < -0.4 is 10.6 Å². The lowest BCUT2D eigenvalue weighted by Gasteiger charge is -2.09. The third kappa shape index (κ3) is 9.61. The molecule has 16 heavy (non-hydrogen) atoms. The Morgan fingerprint density at radius 3 is 2.06 bits per heavy atom. The van der Waals surface area contributed by atoms with Crippen molar-refractivity contribution in [2.75, 3.05) is 19.6 Å². The number of guanidine groups is 1. The van der Waals surface area contributed by atoms with Gasteiger partial charge in [-0.15, -0.1) is 0 Å². The van der Waals surface area contributed by atoms with Crippen LogP contribution in [0.15, 0.2) is 4.99 Å². The minimum atomic E-state index is -4.05. The Kier molecular flexibility index (Phi) is 7.76. The molecule has 0 aromatic carbocycles. The van der Waals surface area contributed by atoms with Crippen molar-refractivity contribution in [2.24, 2.45) is 4.99 Å². The number of aliphatic imine (C=N–C) groups is 1. The summed E-state index contributed by atoms with van der Waals surface area (Å²) in [6, 6.07) is 0. The van der Waals surface area contributed by atoms with Crippen LogP contribution in [0.1, 0.15) is 33.1 Å². The molecule has 6 heteroatoms. The van der Waals surface area contributed by atoms with Crippen LogP contribution in [0, 0.1) is 0 Å². The summed E-state index contributed by atoms with van der Waals surface area (Å²) >= 11 is 0. The highest BCUT2D eigenvalue weighted by Crippen LogP contribution is 2.21. The largest absolute Gasteiger partial charge is 0.389 e. The summed E-state index contributed by atoms with van der Waals surface area (Å²) in [7, 11) is 0. The first-order valence-corrected chi connectivity index (χ1v) is 5.58. The highest BCUT2D eigenvalue weighted by atomic mass is 19.4. The van der Waals surface area contributed by atoms with Gasteiger partial charge in [-0.2, -0.15) is 13.2 Å². The third-order valence-electron chi connectivity index (χ3n) is 1.83. The topological polar surface area (TPSA) is 36.4 Å². The van der Waals surface area contributed by atoms with E-state index in [0.717, 1.165) is 13.1 Å². The number of nitrogens with zero attached hydrogens (tertiary/aromatic N) is 1. The number of halogens is 3. The fourth-order valence-corrected chi connectivity index (χ4v) is 1.14. The van der Waals surface area contributed by atoms with Gasteiger partial charge in [0.25, 0.3) is 0 Å². The van der Waals surface area contributed by atoms with E-state index >= 15 is 0 Å². The van der Waals surface area contributed by atoms with Crippen LogP contribution in [0.4, 0.5) is 13.2 Å². The van der Waals surface area contributed by atoms with Gasteiger partial charge >= 0.3 is 6.18 Å². The fraction of sp³-hybridized carbons (Fsp3) is 0.900. The lowest BCUT2D eigenvalue weighted by Crippen LogP contribution is -2.37. The molecule has 0 fully saturated rings. The predicted octanol–water partition coefficient (Wildman–Crippen LogP) is 2.29. The molecule has 0 saturated carbocycles. The molecule has 2 N–H and O–H groups in total. The van der Waals surface area contributed by atoms with Gasteiger partial charge in [-0.1, -0.05) is 0 Å². The maximum absolute atomic E-state index is 11.8. The summed E-state index contributed by atoms with van der Waals surface area (Å²) in [5.41, 5.74) is 0. The molecule has 0 spiro atoms. The van der Waals surface area contributed by atoms with Crippen LogP contribution in [-0.2, 0) is 0 Å². The van der Waals surface area contributed by atoms with Crippen molar-refractivity contribution >= 4 is 5.96 Å². The van der Waals surface area contributed by atoms with Gasteiger partial charge in [0.1, 0.15) is 0 Å². The normalized spacial score (nSPS) is 11.1. The standard InChI is InChI=1S/C10H20F3N3/c1-3-14-9(15-4-2)16-8-6-5-7-10(11,12)13/h3-8H2,1-2H3,(H2,14,15,16). The van der Waals surface area contributed by atoms with Crippen molar-refractivity contribution in [3.05, 3.63) is 0 Å². The van der Waals surface area contributed by atoms with Crippen molar-refractivity contribution in [1.29, 1.82) is 0 Å². The molecule has 96 valence electrons. The molecule has 0 amide bonds. The Morgan fingerprint density at radius 2 is 1.62 bits per heavy atom. The Morgan fingerprint density at radius 1 is 1.06 bits per heavy atom. The van der Waals surface area contributed by atoms with Crippen molar-refractivity contribution in [1.82, 2.24) is 10.6 Å². The highest BCUT2D eigenvalue weighted by molar-refractivity contribution is 5.79. The van der Waals surface area contributed by atoms with Crippen LogP contribution in [0.5, 0.6) is 0 Å². The first kappa shape index (κ1) is 15.1. The molecule has 0 atom stereocenters. The SMILES string of the molecule is CCNC(=NCCCCC(F)(F)F)NCC. The molecule has 0 aliphatic carbocycles. The monoisotopic (exact) mass is 239 g/mol. The molecular formula is C10H20F3N3. The molecule has 0 aromatic rings. The Labute approximate surface area is 94.5 Å². The molecule has 3 nitrogen and oxygen atoms in total. The molecule has 0 radical (unpaired) electrons. The van der Waals surface area contributed by atoms with Gasteiger partial charge in [0.05, 0.1) is 0 Å². The van der Waals surface area contributed by atoms with Gasteiger partial charge in [-0.05, 0) is 26.7 Å². The van der Waals surface area contributed by atoms with Crippen LogP contribution in [0.25, 0.3) is 0 Å². The van der Waals surface area contributed by atoms with E-state index in [-0.39, 0.29) is 6.42 Å². The number of alkyl halides is 3. The molecule has 0 bridgehead atoms. The van der Waals surface area contributed by atoms with E-state index in [1.54, 1.807) is 0 Å². The zero-order valence-electron chi connectivity index (χ0n) is 9.82. The summed E-state index contributed by atoms with van der Waals surface area (Å²) in [6.45, 7) is 5.79. The minimum absolute atomic E-state index is 0.137. The summed E-state index contributed by atoms with van der Waals surface area (Å²) in [5.74, 6) is 0.664. The first-order chi connectivity index (χ1) is 7.49. The van der Waals surface area contributed by atoms with E-state index in [1.807, 2.05) is 13.8 Å². The predicted molar refractivity (Wildman–Crippen MR) is 59.6 cm³/mol. The molecule has 0 unspecified atom stereocenters. The van der Waals surface area contributed by atoms with E-state index in [0.29, 0.717) is 18.9 Å². The van der Waals surface area contributed by atoms with E-state index in [1.165, 1.54) is 0 Å². The van der Waals surface area contributed by atoms with Gasteiger partial charge in [0, 0.05) is 26.1 Å². The minimum Gasteiger partial charge on any atom is -0.357 e. The summed E-state index contributed by atoms with van der Waals surface area (Å²) in [5, 5.41) is 6.01. The van der Waals surface area contributed by atoms with Crippen LogP contribution >= 0.6 is 0 Å². The second kappa shape index (κ2) is 8.24. The second-order valence-electron chi connectivity index (χ2n) is 3.36. The summed E-state index contributed by atoms with van der Waals surface area (Å²) < 4.78 is 35.5. The second-order valence-corrected chi connectivity index (χ2v) is 3.36. The number of unbranched alkanes of at least 4 members (excludes halogenated alkanes) is 1. The van der Waals surface area contributed by atoms with E-state index in [4.69, 9.17) is 0 Å². The zero-order chi connectivity index (χ0) is 12.4. The quantitative estimate of drug-likeness (QED) is 0.424. The first-order valence-electron chi connectivity index (χ1n) is 5.58. The molecule has 0 heterocycles. The van der Waals surface area contributed by atoms with Crippen molar-refractivity contribution in [2.45, 2.75) is 39.3 Å². The van der Waals surface area contributed by atoms with Gasteiger partial charge in [-0.3, -0.25) is 4.99 Å². The van der Waals surface area contributed by atoms with Crippen LogP contribution in [0.2, 0.25) is 0 Å². The number of rotatable bonds is 6. The Balaban J connectivity index is 3.69. The maximum Gasteiger partial charge on any atom is 0.389 e. The average Bonchev–Trinajstić information content (AvgIpc) is 2.16. The number of nitrogens with one attached hydrogen (secondary N) is 2. The number of hydrogen-bond donors (Lipinski definition) is 2. The highest BCUT2D eigenvalue weighted by Gasteiger charge is 2.25. The molecule has 0 rings (SSSR count).